The van der Waals surface area contributed by atoms with Crippen LogP contribution < -0.4 is 0 Å². The Bertz CT molecular complexity index is 1090. The van der Waals surface area contributed by atoms with E-state index in [2.05, 4.69) is 10.1 Å². The van der Waals surface area contributed by atoms with Crippen molar-refractivity contribution in [1.82, 2.24) is 14.8 Å². The number of para-hydroxylation sites is 1. The van der Waals surface area contributed by atoms with Gasteiger partial charge in [-0.2, -0.15) is 0 Å². The van der Waals surface area contributed by atoms with Crippen molar-refractivity contribution in [2.45, 2.75) is 10.1 Å². The molecular weight excluding hydrogens is 406 g/mol. The van der Waals surface area contributed by atoms with E-state index in [9.17, 15) is 0 Å². The van der Waals surface area contributed by atoms with E-state index in [1.807, 2.05) is 54.6 Å². The molecule has 4 rings (SSSR count). The van der Waals surface area contributed by atoms with Crippen molar-refractivity contribution in [3.8, 4) is 17.1 Å². The Morgan fingerprint density at radius 1 is 1.12 bits per heavy atom. The molecule has 0 N–H and O–H groups in total. The monoisotopic (exact) mass is 417 g/mol. The number of halogens is 1. The summed E-state index contributed by atoms with van der Waals surface area (Å²) in [5, 5.41) is 5.21. The van der Waals surface area contributed by atoms with Crippen molar-refractivity contribution in [1.29, 1.82) is 0 Å². The van der Waals surface area contributed by atoms with Crippen molar-refractivity contribution in [2.75, 3.05) is 0 Å². The van der Waals surface area contributed by atoms with Gasteiger partial charge in [-0.1, -0.05) is 65.0 Å². The molecule has 0 spiro atoms. The van der Waals surface area contributed by atoms with Crippen molar-refractivity contribution < 1.29 is 4.42 Å². The molecule has 0 unspecified atom stereocenters. The molecule has 4 aromatic rings. The first-order chi connectivity index (χ1) is 12.7. The molecule has 0 bridgehead atoms. The largest absolute Gasteiger partial charge is 0.444 e. The van der Waals surface area contributed by atoms with Gasteiger partial charge in [0, 0.05) is 5.75 Å². The molecule has 0 amide bonds. The summed E-state index contributed by atoms with van der Waals surface area (Å²) in [5.41, 5.74) is 2.58. The van der Waals surface area contributed by atoms with Crippen LogP contribution in [0.3, 0.4) is 0 Å². The van der Waals surface area contributed by atoms with Crippen LogP contribution in [0.4, 0.5) is 0 Å². The Labute approximate surface area is 168 Å². The number of nitrogens with zero attached hydrogens (tertiary/aromatic N) is 3. The van der Waals surface area contributed by atoms with E-state index in [0.717, 1.165) is 25.2 Å². The van der Waals surface area contributed by atoms with Gasteiger partial charge in [-0.05, 0) is 36.5 Å². The molecule has 2 aromatic carbocycles. The maximum absolute atomic E-state index is 6.19. The Balaban J connectivity index is 1.49. The van der Waals surface area contributed by atoms with Crippen molar-refractivity contribution in [3.63, 3.8) is 0 Å². The molecule has 0 aliphatic carbocycles. The third kappa shape index (κ3) is 3.76. The quantitative estimate of drug-likeness (QED) is 0.283. The third-order valence-corrected chi connectivity index (χ3v) is 6.26. The van der Waals surface area contributed by atoms with Crippen molar-refractivity contribution in [2.24, 2.45) is 0 Å². The first-order valence-corrected chi connectivity index (χ1v) is 10.3. The van der Waals surface area contributed by atoms with E-state index in [1.54, 1.807) is 22.7 Å². The Hall–Kier alpha value is -1.93. The molecule has 2 heterocycles. The molecule has 8 heteroatoms. The zero-order valence-corrected chi connectivity index (χ0v) is 16.5. The maximum Gasteiger partial charge on any atom is 0.227 e. The molecule has 0 aliphatic heterocycles. The van der Waals surface area contributed by atoms with E-state index in [4.69, 9.17) is 28.2 Å². The van der Waals surface area contributed by atoms with Gasteiger partial charge in [-0.3, -0.25) is 0 Å². The lowest BCUT2D eigenvalue weighted by Crippen LogP contribution is -1.95. The highest BCUT2D eigenvalue weighted by atomic mass is 35.5. The number of benzene rings is 2. The zero-order valence-electron chi connectivity index (χ0n) is 13.3. The average molecular weight is 418 g/mol. The fourth-order valence-corrected chi connectivity index (χ4v) is 4.77. The molecule has 4 nitrogen and oxygen atoms in total. The van der Waals surface area contributed by atoms with E-state index in [-0.39, 0.29) is 0 Å². The molecule has 130 valence electrons. The second-order valence-electron chi connectivity index (χ2n) is 5.29. The van der Waals surface area contributed by atoms with Gasteiger partial charge in [-0.25, -0.2) is 9.67 Å². The summed E-state index contributed by atoms with van der Waals surface area (Å²) in [5.74, 6) is 1.17. The van der Waals surface area contributed by atoms with Crippen molar-refractivity contribution in [3.05, 3.63) is 75.5 Å². The summed E-state index contributed by atoms with van der Waals surface area (Å²) in [6, 6.07) is 17.4. The highest BCUT2D eigenvalue weighted by molar-refractivity contribution is 8.00. The Kier molecular flexibility index (Phi) is 5.21. The minimum absolute atomic E-state index is 0.522. The van der Waals surface area contributed by atoms with Gasteiger partial charge in [0.15, 0.2) is 8.29 Å². The minimum atomic E-state index is 0.522. The molecule has 0 atom stereocenters. The van der Waals surface area contributed by atoms with Crippen LogP contribution in [0.1, 0.15) is 5.69 Å². The standard InChI is InChI=1S/C18H12ClN3OS3/c19-15-9-5-4-8-14(15)16-20-12(10-23-16)11-25-17-21-22(18(24)26-17)13-6-2-1-3-7-13/h1-10H,11H2. The second kappa shape index (κ2) is 7.75. The van der Waals surface area contributed by atoms with Gasteiger partial charge in [0.2, 0.25) is 5.89 Å². The first-order valence-electron chi connectivity index (χ1n) is 7.68. The van der Waals surface area contributed by atoms with Gasteiger partial charge >= 0.3 is 0 Å². The van der Waals surface area contributed by atoms with Gasteiger partial charge in [0.25, 0.3) is 0 Å². The fourth-order valence-electron chi connectivity index (χ4n) is 2.32. The summed E-state index contributed by atoms with van der Waals surface area (Å²) in [6.45, 7) is 0. The summed E-state index contributed by atoms with van der Waals surface area (Å²) >= 11 is 14.7. The van der Waals surface area contributed by atoms with E-state index >= 15 is 0 Å². The van der Waals surface area contributed by atoms with Gasteiger partial charge in [-0.15, -0.1) is 5.10 Å². The van der Waals surface area contributed by atoms with Crippen LogP contribution >= 0.6 is 46.9 Å². The van der Waals surface area contributed by atoms with Gasteiger partial charge in [0.05, 0.1) is 22.0 Å². The average Bonchev–Trinajstić information content (AvgIpc) is 3.28. The third-order valence-electron chi connectivity index (χ3n) is 3.53. The topological polar surface area (TPSA) is 43.9 Å². The lowest BCUT2D eigenvalue weighted by Gasteiger charge is -1.98. The molecule has 0 saturated heterocycles. The maximum atomic E-state index is 6.19. The fraction of sp³-hybridized carbons (Fsp3) is 0.0556. The summed E-state index contributed by atoms with van der Waals surface area (Å²) in [4.78, 5) is 4.52. The van der Waals surface area contributed by atoms with Crippen LogP contribution in [-0.2, 0) is 5.75 Å². The molecule has 0 radical (unpaired) electrons. The summed E-state index contributed by atoms with van der Waals surface area (Å²) in [6.07, 6.45) is 1.65. The van der Waals surface area contributed by atoms with Crippen molar-refractivity contribution >= 4 is 46.9 Å². The van der Waals surface area contributed by atoms with E-state index in [1.165, 1.54) is 11.3 Å². The first kappa shape index (κ1) is 17.5. The molecule has 0 aliphatic rings. The number of thioether (sulfide) groups is 1. The molecular formula is C18H12ClN3OS3. The van der Waals surface area contributed by atoms with Crippen LogP contribution in [0.25, 0.3) is 17.1 Å². The Morgan fingerprint density at radius 3 is 2.69 bits per heavy atom. The van der Waals surface area contributed by atoms with E-state index < -0.39 is 0 Å². The molecule has 2 aromatic heterocycles. The zero-order chi connectivity index (χ0) is 17.9. The van der Waals surface area contributed by atoms with Crippen LogP contribution in [0.2, 0.25) is 5.02 Å². The normalized spacial score (nSPS) is 11.0. The number of hydrogen-bond donors (Lipinski definition) is 0. The number of hydrogen-bond acceptors (Lipinski definition) is 6. The Morgan fingerprint density at radius 2 is 1.88 bits per heavy atom. The van der Waals surface area contributed by atoms with Gasteiger partial charge < -0.3 is 4.42 Å². The van der Waals surface area contributed by atoms with E-state index in [0.29, 0.717) is 16.7 Å². The van der Waals surface area contributed by atoms with Gasteiger partial charge in [0.1, 0.15) is 6.26 Å². The summed E-state index contributed by atoms with van der Waals surface area (Å²) in [7, 11) is 0. The second-order valence-corrected chi connectivity index (χ2v) is 8.55. The smallest absolute Gasteiger partial charge is 0.227 e. The highest BCUT2D eigenvalue weighted by Gasteiger charge is 2.12. The SMILES string of the molecule is S=c1sc(SCc2coc(-c3ccccc3Cl)n2)nn1-c1ccccc1. The molecule has 0 fully saturated rings. The molecule has 0 saturated carbocycles. The van der Waals surface area contributed by atoms with Crippen LogP contribution in [0.5, 0.6) is 0 Å². The number of aromatic nitrogens is 3. The lowest BCUT2D eigenvalue weighted by molar-refractivity contribution is 0.573. The molecule has 26 heavy (non-hydrogen) atoms. The lowest BCUT2D eigenvalue weighted by atomic mass is 10.2. The summed E-state index contributed by atoms with van der Waals surface area (Å²) < 4.78 is 8.95. The highest BCUT2D eigenvalue weighted by Crippen LogP contribution is 2.30. The van der Waals surface area contributed by atoms with Crippen LogP contribution in [-0.4, -0.2) is 14.8 Å². The predicted octanol–water partition coefficient (Wildman–Crippen LogP) is 6.26. The number of rotatable bonds is 5. The van der Waals surface area contributed by atoms with Crippen LogP contribution in [0.15, 0.2) is 69.6 Å². The van der Waals surface area contributed by atoms with Crippen LogP contribution in [0, 0.1) is 3.95 Å². The predicted molar refractivity (Wildman–Crippen MR) is 109 cm³/mol. The number of oxazole rings is 1. The minimum Gasteiger partial charge on any atom is -0.444 e.